The first-order valence-corrected chi connectivity index (χ1v) is 6.13. The summed E-state index contributed by atoms with van der Waals surface area (Å²) in [7, 11) is 1.16. The third-order valence-corrected chi connectivity index (χ3v) is 2.49. The Morgan fingerprint density at radius 1 is 1.41 bits per heavy atom. The number of alkyl halides is 3. The van der Waals surface area contributed by atoms with Crippen molar-refractivity contribution >= 4 is 17.8 Å². The fraction of sp³-hybridized carbons (Fsp3) is 0.385. The summed E-state index contributed by atoms with van der Waals surface area (Å²) < 4.78 is 42.7. The second-order valence-corrected chi connectivity index (χ2v) is 3.88. The standard InChI is InChI=1S/C13H14F3N3O3/c1-4-8(11(20)21-3)9-6-17-12(13(14,15)16)19-10(9)7-22-18-5-2/h4-6H,7H2,1-3H3/b8-4+,18-5?. The Kier molecular flexibility index (Phi) is 6.02. The molecule has 0 aliphatic heterocycles. The van der Waals surface area contributed by atoms with E-state index in [1.54, 1.807) is 13.8 Å². The third kappa shape index (κ3) is 4.27. The van der Waals surface area contributed by atoms with Crippen molar-refractivity contribution in [3.63, 3.8) is 0 Å². The molecule has 1 heterocycles. The van der Waals surface area contributed by atoms with Crippen LogP contribution in [0.4, 0.5) is 13.2 Å². The summed E-state index contributed by atoms with van der Waals surface area (Å²) in [5.74, 6) is -2.04. The number of carbonyl (C=O) groups excluding carboxylic acids is 1. The van der Waals surface area contributed by atoms with E-state index in [9.17, 15) is 18.0 Å². The largest absolute Gasteiger partial charge is 0.465 e. The van der Waals surface area contributed by atoms with Crippen LogP contribution in [0.1, 0.15) is 30.9 Å². The Hall–Kier alpha value is -2.45. The van der Waals surface area contributed by atoms with Crippen LogP contribution in [0.2, 0.25) is 0 Å². The molecule has 0 spiro atoms. The van der Waals surface area contributed by atoms with Crippen molar-refractivity contribution in [2.75, 3.05) is 7.11 Å². The van der Waals surface area contributed by atoms with Gasteiger partial charge >= 0.3 is 12.1 Å². The van der Waals surface area contributed by atoms with Gasteiger partial charge in [-0.2, -0.15) is 13.2 Å². The number of rotatable bonds is 5. The van der Waals surface area contributed by atoms with E-state index in [0.29, 0.717) is 0 Å². The van der Waals surface area contributed by atoms with Crippen LogP contribution in [0.15, 0.2) is 17.4 Å². The van der Waals surface area contributed by atoms with Gasteiger partial charge in [0.15, 0.2) is 6.61 Å². The molecule has 0 fully saturated rings. The normalized spacial score (nSPS) is 12.5. The second-order valence-electron chi connectivity index (χ2n) is 3.88. The van der Waals surface area contributed by atoms with E-state index in [1.165, 1.54) is 12.3 Å². The van der Waals surface area contributed by atoms with Gasteiger partial charge in [-0.3, -0.25) is 0 Å². The van der Waals surface area contributed by atoms with Gasteiger partial charge in [-0.05, 0) is 13.8 Å². The number of oxime groups is 1. The van der Waals surface area contributed by atoms with Gasteiger partial charge in [0.1, 0.15) is 0 Å². The minimum atomic E-state index is -4.71. The van der Waals surface area contributed by atoms with E-state index in [0.717, 1.165) is 13.3 Å². The van der Waals surface area contributed by atoms with E-state index >= 15 is 0 Å². The van der Waals surface area contributed by atoms with Gasteiger partial charge in [0.2, 0.25) is 5.82 Å². The Morgan fingerprint density at radius 3 is 2.59 bits per heavy atom. The molecule has 1 aromatic rings. The van der Waals surface area contributed by atoms with Crippen molar-refractivity contribution in [2.45, 2.75) is 26.6 Å². The monoisotopic (exact) mass is 317 g/mol. The van der Waals surface area contributed by atoms with Gasteiger partial charge in [-0.15, -0.1) is 0 Å². The van der Waals surface area contributed by atoms with E-state index in [4.69, 9.17) is 4.84 Å². The molecule has 0 amide bonds. The molecule has 0 N–H and O–H groups in total. The SMILES string of the molecule is CC=NOCc1nc(C(F)(F)F)ncc1/C(=C\C)C(=O)OC. The summed E-state index contributed by atoms with van der Waals surface area (Å²) in [5.41, 5.74) is 0.00961. The maximum absolute atomic E-state index is 12.7. The number of ether oxygens (including phenoxy) is 1. The zero-order valence-electron chi connectivity index (χ0n) is 12.1. The smallest absolute Gasteiger partial charge is 0.451 e. The lowest BCUT2D eigenvalue weighted by atomic mass is 10.1. The number of hydrogen-bond acceptors (Lipinski definition) is 6. The zero-order valence-corrected chi connectivity index (χ0v) is 12.1. The first kappa shape index (κ1) is 17.6. The quantitative estimate of drug-likeness (QED) is 0.361. The van der Waals surface area contributed by atoms with E-state index in [2.05, 4.69) is 19.9 Å². The maximum Gasteiger partial charge on any atom is 0.451 e. The predicted molar refractivity (Wildman–Crippen MR) is 71.7 cm³/mol. The molecule has 120 valence electrons. The van der Waals surface area contributed by atoms with Crippen LogP contribution in [0.3, 0.4) is 0 Å². The molecule has 0 atom stereocenters. The first-order chi connectivity index (χ1) is 10.3. The van der Waals surface area contributed by atoms with Crippen LogP contribution in [0.5, 0.6) is 0 Å². The van der Waals surface area contributed by atoms with Crippen LogP contribution in [-0.2, 0) is 27.2 Å². The predicted octanol–water partition coefficient (Wildman–Crippen LogP) is 2.59. The summed E-state index contributed by atoms with van der Waals surface area (Å²) in [6.45, 7) is 2.77. The first-order valence-electron chi connectivity index (χ1n) is 6.13. The molecule has 1 rings (SSSR count). The molecule has 0 aliphatic carbocycles. The van der Waals surface area contributed by atoms with Gasteiger partial charge in [0.25, 0.3) is 0 Å². The third-order valence-electron chi connectivity index (χ3n) is 2.49. The highest BCUT2D eigenvalue weighted by Gasteiger charge is 2.35. The molecular weight excluding hydrogens is 303 g/mol. The average molecular weight is 317 g/mol. The van der Waals surface area contributed by atoms with Crippen molar-refractivity contribution in [1.29, 1.82) is 0 Å². The number of allylic oxidation sites excluding steroid dienone is 1. The maximum atomic E-state index is 12.7. The average Bonchev–Trinajstić information content (AvgIpc) is 2.48. The van der Waals surface area contributed by atoms with Crippen LogP contribution in [-0.4, -0.2) is 29.3 Å². The topological polar surface area (TPSA) is 73.7 Å². The van der Waals surface area contributed by atoms with Crippen LogP contribution in [0.25, 0.3) is 5.57 Å². The van der Waals surface area contributed by atoms with Crippen molar-refractivity contribution in [2.24, 2.45) is 5.16 Å². The molecular formula is C13H14F3N3O3. The highest BCUT2D eigenvalue weighted by molar-refractivity contribution is 6.16. The molecule has 22 heavy (non-hydrogen) atoms. The number of esters is 1. The summed E-state index contributed by atoms with van der Waals surface area (Å²) in [4.78, 5) is 23.1. The number of carbonyl (C=O) groups is 1. The van der Waals surface area contributed by atoms with Crippen LogP contribution in [0, 0.1) is 0 Å². The molecule has 0 aliphatic rings. The highest BCUT2D eigenvalue weighted by atomic mass is 19.4. The second kappa shape index (κ2) is 7.53. The number of methoxy groups -OCH3 is 1. The van der Waals surface area contributed by atoms with Crippen molar-refractivity contribution < 1.29 is 27.5 Å². The van der Waals surface area contributed by atoms with Gasteiger partial charge in [0.05, 0.1) is 18.4 Å². The minimum Gasteiger partial charge on any atom is -0.465 e. The van der Waals surface area contributed by atoms with Gasteiger partial charge in [-0.25, -0.2) is 14.8 Å². The van der Waals surface area contributed by atoms with Gasteiger partial charge < -0.3 is 9.57 Å². The molecule has 6 nitrogen and oxygen atoms in total. The fourth-order valence-electron chi connectivity index (χ4n) is 1.55. The van der Waals surface area contributed by atoms with Gasteiger partial charge in [-0.1, -0.05) is 11.2 Å². The Labute approximate surface area is 124 Å². The highest BCUT2D eigenvalue weighted by Crippen LogP contribution is 2.28. The molecule has 9 heteroatoms. The number of aromatic nitrogens is 2. The Balaban J connectivity index is 3.33. The van der Waals surface area contributed by atoms with Crippen LogP contribution < -0.4 is 0 Å². The number of nitrogens with zero attached hydrogens (tertiary/aromatic N) is 3. The summed E-state index contributed by atoms with van der Waals surface area (Å²) in [6.07, 6.45) is -1.08. The molecule has 0 radical (unpaired) electrons. The van der Waals surface area contributed by atoms with Crippen molar-refractivity contribution in [1.82, 2.24) is 9.97 Å². The fourth-order valence-corrected chi connectivity index (χ4v) is 1.55. The molecule has 0 bridgehead atoms. The van der Waals surface area contributed by atoms with Crippen molar-refractivity contribution in [3.8, 4) is 0 Å². The number of hydrogen-bond donors (Lipinski definition) is 0. The summed E-state index contributed by atoms with van der Waals surface area (Å²) in [5, 5.41) is 3.45. The van der Waals surface area contributed by atoms with Gasteiger partial charge in [0, 0.05) is 18.0 Å². The lowest BCUT2D eigenvalue weighted by molar-refractivity contribution is -0.145. The van der Waals surface area contributed by atoms with Crippen LogP contribution >= 0.6 is 0 Å². The summed E-state index contributed by atoms with van der Waals surface area (Å²) in [6, 6.07) is 0. The molecule has 1 aromatic heterocycles. The minimum absolute atomic E-state index is 0.0373. The van der Waals surface area contributed by atoms with E-state index in [-0.39, 0.29) is 23.4 Å². The molecule has 0 saturated heterocycles. The lowest BCUT2D eigenvalue weighted by Gasteiger charge is -2.12. The Morgan fingerprint density at radius 2 is 2.09 bits per heavy atom. The van der Waals surface area contributed by atoms with E-state index in [1.807, 2.05) is 0 Å². The zero-order chi connectivity index (χ0) is 16.8. The Bertz CT molecular complexity index is 598. The molecule has 0 saturated carbocycles. The van der Waals surface area contributed by atoms with Crippen molar-refractivity contribution in [3.05, 3.63) is 29.4 Å². The number of halogens is 3. The lowest BCUT2D eigenvalue weighted by Crippen LogP contribution is -2.16. The molecule has 0 aromatic carbocycles. The van der Waals surface area contributed by atoms with E-state index < -0.39 is 18.0 Å². The summed E-state index contributed by atoms with van der Waals surface area (Å²) >= 11 is 0. The molecule has 0 unspecified atom stereocenters.